The third kappa shape index (κ3) is 5.64. The van der Waals surface area contributed by atoms with Crippen molar-refractivity contribution in [1.29, 1.82) is 5.26 Å². The Morgan fingerprint density at radius 1 is 0.913 bits per heavy atom. The van der Waals surface area contributed by atoms with Crippen LogP contribution in [0.4, 0.5) is 0 Å². The molecule has 2 aromatic rings. The Balaban J connectivity index is 1.80. The molecule has 0 N–H and O–H groups in total. The van der Waals surface area contributed by atoms with E-state index < -0.39 is 0 Å². The minimum atomic E-state index is 0.683. The Morgan fingerprint density at radius 2 is 1.57 bits per heavy atom. The summed E-state index contributed by atoms with van der Waals surface area (Å²) in [6, 6.07) is 17.9. The van der Waals surface area contributed by atoms with Crippen LogP contribution in [-0.2, 0) is 0 Å². The van der Waals surface area contributed by atoms with Crippen LogP contribution in [0.1, 0.15) is 38.2 Å². The van der Waals surface area contributed by atoms with Crippen LogP contribution < -0.4 is 4.74 Å². The average Bonchev–Trinajstić information content (AvgIpc) is 2.61. The van der Waals surface area contributed by atoms with Crippen LogP contribution in [0, 0.1) is 11.3 Å². The predicted molar refractivity (Wildman–Crippen MR) is 95.4 cm³/mol. The minimum Gasteiger partial charge on any atom is -0.494 e. The highest BCUT2D eigenvalue weighted by molar-refractivity contribution is 5.64. The maximum Gasteiger partial charge on any atom is 0.119 e. The normalized spacial score (nSPS) is 10.6. The van der Waals surface area contributed by atoms with Gasteiger partial charge in [0, 0.05) is 0 Å². The molecule has 0 saturated carbocycles. The topological polar surface area (TPSA) is 33.0 Å². The van der Waals surface area contributed by atoms with Crippen molar-refractivity contribution in [2.45, 2.75) is 32.6 Å². The first-order chi connectivity index (χ1) is 11.3. The molecule has 0 saturated heterocycles. The first-order valence-corrected chi connectivity index (χ1v) is 8.22. The summed E-state index contributed by atoms with van der Waals surface area (Å²) in [6.07, 6.45) is 8.94. The summed E-state index contributed by atoms with van der Waals surface area (Å²) >= 11 is 0. The highest BCUT2D eigenvalue weighted by Gasteiger charge is 1.99. The molecular formula is C21H23NO. The van der Waals surface area contributed by atoms with Gasteiger partial charge < -0.3 is 4.74 Å². The smallest absolute Gasteiger partial charge is 0.119 e. The van der Waals surface area contributed by atoms with E-state index in [9.17, 15) is 0 Å². The van der Waals surface area contributed by atoms with Gasteiger partial charge in [-0.1, -0.05) is 43.3 Å². The molecule has 0 aliphatic heterocycles. The number of unbranched alkanes of at least 4 members (excludes halogenated alkanes) is 2. The van der Waals surface area contributed by atoms with Gasteiger partial charge in [0.15, 0.2) is 0 Å². The van der Waals surface area contributed by atoms with Crippen LogP contribution in [0.5, 0.6) is 5.75 Å². The molecule has 0 fully saturated rings. The van der Waals surface area contributed by atoms with E-state index in [1.807, 2.05) is 36.4 Å². The summed E-state index contributed by atoms with van der Waals surface area (Å²) in [5.74, 6) is 0.909. The zero-order valence-electron chi connectivity index (χ0n) is 13.7. The molecule has 0 spiro atoms. The SMILES string of the molecule is CCC=CCCCCOc1ccc(-c2ccc(C#N)cc2)cc1. The molecule has 0 unspecified atom stereocenters. The molecule has 0 heterocycles. The lowest BCUT2D eigenvalue weighted by Gasteiger charge is -2.07. The third-order valence-corrected chi connectivity index (χ3v) is 3.64. The standard InChI is InChI=1S/C21H23NO/c1-2-3-4-5-6-7-16-23-21-14-12-20(13-15-21)19-10-8-18(17-22)9-11-19/h3-4,8-15H,2,5-7,16H2,1H3. The molecule has 23 heavy (non-hydrogen) atoms. The highest BCUT2D eigenvalue weighted by atomic mass is 16.5. The monoisotopic (exact) mass is 305 g/mol. The molecular weight excluding hydrogens is 282 g/mol. The van der Waals surface area contributed by atoms with E-state index in [0.29, 0.717) is 5.56 Å². The van der Waals surface area contributed by atoms with Crippen LogP contribution >= 0.6 is 0 Å². The summed E-state index contributed by atoms with van der Waals surface area (Å²) < 4.78 is 5.77. The minimum absolute atomic E-state index is 0.683. The van der Waals surface area contributed by atoms with Crippen molar-refractivity contribution in [2.75, 3.05) is 6.61 Å². The summed E-state index contributed by atoms with van der Waals surface area (Å²) in [6.45, 7) is 2.91. The third-order valence-electron chi connectivity index (χ3n) is 3.64. The van der Waals surface area contributed by atoms with Crippen LogP contribution in [0.2, 0.25) is 0 Å². The lowest BCUT2D eigenvalue weighted by Crippen LogP contribution is -1.96. The van der Waals surface area contributed by atoms with Crippen molar-refractivity contribution in [2.24, 2.45) is 0 Å². The Bertz CT molecular complexity index is 648. The lowest BCUT2D eigenvalue weighted by molar-refractivity contribution is 0.307. The van der Waals surface area contributed by atoms with Crippen LogP contribution in [0.15, 0.2) is 60.7 Å². The molecule has 118 valence electrons. The zero-order chi connectivity index (χ0) is 16.3. The van der Waals surface area contributed by atoms with Gasteiger partial charge in [-0.3, -0.25) is 0 Å². The number of ether oxygens (including phenoxy) is 1. The number of nitriles is 1. The number of rotatable bonds is 8. The van der Waals surface area contributed by atoms with Crippen LogP contribution in [-0.4, -0.2) is 6.61 Å². The molecule has 2 rings (SSSR count). The maximum absolute atomic E-state index is 8.83. The quantitative estimate of drug-likeness (QED) is 0.460. The molecule has 2 nitrogen and oxygen atoms in total. The number of hydrogen-bond acceptors (Lipinski definition) is 2. The largest absolute Gasteiger partial charge is 0.494 e. The molecule has 0 radical (unpaired) electrons. The molecule has 2 aromatic carbocycles. The van der Waals surface area contributed by atoms with E-state index in [2.05, 4.69) is 37.3 Å². The van der Waals surface area contributed by atoms with Gasteiger partial charge in [0.05, 0.1) is 18.2 Å². The van der Waals surface area contributed by atoms with Crippen molar-refractivity contribution in [3.8, 4) is 22.9 Å². The molecule has 0 aliphatic rings. The fraction of sp³-hybridized carbons (Fsp3) is 0.286. The fourth-order valence-electron chi connectivity index (χ4n) is 2.32. The second kappa shape index (κ2) is 9.48. The van der Waals surface area contributed by atoms with Gasteiger partial charge in [0.1, 0.15) is 5.75 Å². The molecule has 2 heteroatoms. The lowest BCUT2D eigenvalue weighted by atomic mass is 10.0. The van der Waals surface area contributed by atoms with Crippen LogP contribution in [0.25, 0.3) is 11.1 Å². The van der Waals surface area contributed by atoms with Crippen LogP contribution in [0.3, 0.4) is 0 Å². The summed E-state index contributed by atoms with van der Waals surface area (Å²) in [5, 5.41) is 8.83. The van der Waals surface area contributed by atoms with E-state index in [1.54, 1.807) is 0 Å². The molecule has 0 aliphatic carbocycles. The van der Waals surface area contributed by atoms with E-state index in [4.69, 9.17) is 10.00 Å². The Hall–Kier alpha value is -2.53. The summed E-state index contributed by atoms with van der Waals surface area (Å²) in [5.41, 5.74) is 2.92. The Morgan fingerprint density at radius 3 is 2.17 bits per heavy atom. The van der Waals surface area contributed by atoms with Gasteiger partial charge >= 0.3 is 0 Å². The van der Waals surface area contributed by atoms with E-state index in [-0.39, 0.29) is 0 Å². The predicted octanol–water partition coefficient (Wildman–Crippen LogP) is 5.74. The van der Waals surface area contributed by atoms with Gasteiger partial charge in [-0.25, -0.2) is 0 Å². The number of allylic oxidation sites excluding steroid dienone is 2. The van der Waals surface area contributed by atoms with E-state index in [1.165, 1.54) is 6.42 Å². The first-order valence-electron chi connectivity index (χ1n) is 8.22. The van der Waals surface area contributed by atoms with Gasteiger partial charge in [-0.05, 0) is 61.1 Å². The fourth-order valence-corrected chi connectivity index (χ4v) is 2.32. The van der Waals surface area contributed by atoms with Gasteiger partial charge in [0.2, 0.25) is 0 Å². The number of nitrogens with zero attached hydrogens (tertiary/aromatic N) is 1. The zero-order valence-corrected chi connectivity index (χ0v) is 13.7. The molecule has 0 aromatic heterocycles. The van der Waals surface area contributed by atoms with Gasteiger partial charge in [-0.15, -0.1) is 0 Å². The van der Waals surface area contributed by atoms with E-state index in [0.717, 1.165) is 42.7 Å². The second-order valence-electron chi connectivity index (χ2n) is 5.44. The Labute approximate surface area is 139 Å². The van der Waals surface area contributed by atoms with Crippen molar-refractivity contribution in [3.05, 3.63) is 66.2 Å². The molecule has 0 amide bonds. The first kappa shape index (κ1) is 16.8. The van der Waals surface area contributed by atoms with E-state index >= 15 is 0 Å². The maximum atomic E-state index is 8.83. The average molecular weight is 305 g/mol. The number of hydrogen-bond donors (Lipinski definition) is 0. The Kier molecular flexibility index (Phi) is 6.94. The molecule has 0 atom stereocenters. The van der Waals surface area contributed by atoms with Crippen molar-refractivity contribution < 1.29 is 4.74 Å². The summed E-state index contributed by atoms with van der Waals surface area (Å²) in [7, 11) is 0. The number of benzene rings is 2. The van der Waals surface area contributed by atoms with Crippen molar-refractivity contribution >= 4 is 0 Å². The second-order valence-corrected chi connectivity index (χ2v) is 5.44. The van der Waals surface area contributed by atoms with Crippen molar-refractivity contribution in [3.63, 3.8) is 0 Å². The van der Waals surface area contributed by atoms with Gasteiger partial charge in [0.25, 0.3) is 0 Å². The summed E-state index contributed by atoms with van der Waals surface area (Å²) in [4.78, 5) is 0. The van der Waals surface area contributed by atoms with Gasteiger partial charge in [-0.2, -0.15) is 5.26 Å². The van der Waals surface area contributed by atoms with Crippen molar-refractivity contribution in [1.82, 2.24) is 0 Å². The molecule has 0 bridgehead atoms. The highest BCUT2D eigenvalue weighted by Crippen LogP contribution is 2.22.